The second-order valence-electron chi connectivity index (χ2n) is 4.44. The van der Waals surface area contributed by atoms with Crippen LogP contribution in [0.4, 0.5) is 0 Å². The molecule has 0 aliphatic carbocycles. The molecule has 4 heteroatoms. The first-order valence-electron chi connectivity index (χ1n) is 6.42. The van der Waals surface area contributed by atoms with Gasteiger partial charge in [-0.25, -0.2) is 0 Å². The van der Waals surface area contributed by atoms with Crippen molar-refractivity contribution in [1.82, 2.24) is 5.32 Å². The predicted octanol–water partition coefficient (Wildman–Crippen LogP) is 5.40. The number of benzene rings is 1. The Morgan fingerprint density at radius 1 is 1.26 bits per heavy atom. The number of rotatable bonds is 6. The highest BCUT2D eigenvalue weighted by molar-refractivity contribution is 14.1. The summed E-state index contributed by atoms with van der Waals surface area (Å²) in [6.07, 6.45) is 2.21. The van der Waals surface area contributed by atoms with E-state index in [0.29, 0.717) is 6.04 Å². The summed E-state index contributed by atoms with van der Waals surface area (Å²) in [6.45, 7) is 3.27. The first kappa shape index (κ1) is 15.5. The molecule has 0 saturated heterocycles. The SMILES string of the molecule is CCCNC(Cc1ccc(Br)s1)c1ccccc1I. The van der Waals surface area contributed by atoms with Gasteiger partial charge in [0.15, 0.2) is 0 Å². The Balaban J connectivity index is 2.18. The molecule has 1 unspecified atom stereocenters. The third-order valence-electron chi connectivity index (χ3n) is 2.96. The maximum absolute atomic E-state index is 3.67. The summed E-state index contributed by atoms with van der Waals surface area (Å²) >= 11 is 7.80. The van der Waals surface area contributed by atoms with Crippen LogP contribution in [0, 0.1) is 3.57 Å². The van der Waals surface area contributed by atoms with Crippen molar-refractivity contribution >= 4 is 49.9 Å². The van der Waals surface area contributed by atoms with E-state index < -0.39 is 0 Å². The molecule has 1 N–H and O–H groups in total. The highest BCUT2D eigenvalue weighted by Gasteiger charge is 2.15. The molecule has 1 atom stereocenters. The van der Waals surface area contributed by atoms with Crippen LogP contribution in [0.5, 0.6) is 0 Å². The Morgan fingerprint density at radius 3 is 2.68 bits per heavy atom. The minimum atomic E-state index is 0.401. The fourth-order valence-corrected chi connectivity index (χ4v) is 4.32. The number of thiophene rings is 1. The van der Waals surface area contributed by atoms with Crippen molar-refractivity contribution in [3.8, 4) is 0 Å². The molecule has 0 saturated carbocycles. The van der Waals surface area contributed by atoms with Crippen LogP contribution in [-0.4, -0.2) is 6.54 Å². The molecule has 0 bridgehead atoms. The van der Waals surface area contributed by atoms with E-state index in [-0.39, 0.29) is 0 Å². The number of nitrogens with one attached hydrogen (secondary N) is 1. The lowest BCUT2D eigenvalue weighted by Gasteiger charge is -2.19. The van der Waals surface area contributed by atoms with Gasteiger partial charge < -0.3 is 5.32 Å². The van der Waals surface area contributed by atoms with Gasteiger partial charge in [0, 0.05) is 20.9 Å². The van der Waals surface area contributed by atoms with E-state index in [9.17, 15) is 0 Å². The predicted molar refractivity (Wildman–Crippen MR) is 95.9 cm³/mol. The average molecular weight is 450 g/mol. The first-order valence-corrected chi connectivity index (χ1v) is 9.11. The highest BCUT2D eigenvalue weighted by atomic mass is 127. The second-order valence-corrected chi connectivity index (χ2v) is 8.15. The zero-order chi connectivity index (χ0) is 13.7. The van der Waals surface area contributed by atoms with Crippen LogP contribution >= 0.6 is 49.9 Å². The molecule has 0 spiro atoms. The monoisotopic (exact) mass is 449 g/mol. The van der Waals surface area contributed by atoms with Crippen molar-refractivity contribution in [2.75, 3.05) is 6.54 Å². The lowest BCUT2D eigenvalue weighted by atomic mass is 10.0. The molecule has 0 aliphatic heterocycles. The molecule has 0 aliphatic rings. The van der Waals surface area contributed by atoms with E-state index in [1.165, 1.54) is 17.8 Å². The number of hydrogen-bond acceptors (Lipinski definition) is 2. The molecule has 1 aromatic carbocycles. The van der Waals surface area contributed by atoms with E-state index in [2.05, 4.69) is 87.2 Å². The van der Waals surface area contributed by atoms with Gasteiger partial charge >= 0.3 is 0 Å². The van der Waals surface area contributed by atoms with Gasteiger partial charge in [0.25, 0.3) is 0 Å². The molecule has 102 valence electrons. The van der Waals surface area contributed by atoms with Crippen LogP contribution in [0.25, 0.3) is 0 Å². The average Bonchev–Trinajstić information content (AvgIpc) is 2.81. The standard InChI is InChI=1S/C15H17BrINS/c1-2-9-18-14(10-11-7-8-15(16)19-11)12-5-3-4-6-13(12)17/h3-8,14,18H,2,9-10H2,1H3. The summed E-state index contributed by atoms with van der Waals surface area (Å²) in [5.41, 5.74) is 1.40. The van der Waals surface area contributed by atoms with E-state index >= 15 is 0 Å². The molecule has 0 radical (unpaired) electrons. The van der Waals surface area contributed by atoms with Gasteiger partial charge in [-0.3, -0.25) is 0 Å². The van der Waals surface area contributed by atoms with Crippen LogP contribution in [0.1, 0.15) is 29.8 Å². The lowest BCUT2D eigenvalue weighted by Crippen LogP contribution is -2.24. The molecule has 1 aromatic heterocycles. The van der Waals surface area contributed by atoms with Crippen LogP contribution in [0.15, 0.2) is 40.2 Å². The second kappa shape index (κ2) is 7.76. The van der Waals surface area contributed by atoms with Crippen molar-refractivity contribution < 1.29 is 0 Å². The van der Waals surface area contributed by atoms with Gasteiger partial charge in [-0.2, -0.15) is 0 Å². The molecular formula is C15H17BrINS. The Morgan fingerprint density at radius 2 is 2.05 bits per heavy atom. The molecule has 19 heavy (non-hydrogen) atoms. The third-order valence-corrected chi connectivity index (χ3v) is 5.58. The Hall–Kier alpha value is 0.0900. The van der Waals surface area contributed by atoms with E-state index in [1.54, 1.807) is 0 Å². The van der Waals surface area contributed by atoms with Crippen LogP contribution in [0.2, 0.25) is 0 Å². The molecule has 2 rings (SSSR count). The Bertz CT molecular complexity index is 526. The van der Waals surface area contributed by atoms with Gasteiger partial charge in [0.05, 0.1) is 3.79 Å². The largest absolute Gasteiger partial charge is 0.310 e. The maximum Gasteiger partial charge on any atom is 0.0701 e. The summed E-state index contributed by atoms with van der Waals surface area (Å²) in [4.78, 5) is 1.42. The summed E-state index contributed by atoms with van der Waals surface area (Å²) in [6, 6.07) is 13.4. The zero-order valence-corrected chi connectivity index (χ0v) is 15.4. The van der Waals surface area contributed by atoms with Gasteiger partial charge in [-0.15, -0.1) is 11.3 Å². The zero-order valence-electron chi connectivity index (χ0n) is 10.8. The van der Waals surface area contributed by atoms with E-state index in [4.69, 9.17) is 0 Å². The third kappa shape index (κ3) is 4.55. The van der Waals surface area contributed by atoms with Gasteiger partial charge in [0.2, 0.25) is 0 Å². The van der Waals surface area contributed by atoms with Crippen LogP contribution in [-0.2, 0) is 6.42 Å². The Kier molecular flexibility index (Phi) is 6.32. The van der Waals surface area contributed by atoms with Crippen molar-refractivity contribution in [3.63, 3.8) is 0 Å². The normalized spacial score (nSPS) is 12.6. The molecule has 0 amide bonds. The summed E-state index contributed by atoms with van der Waals surface area (Å²) in [5.74, 6) is 0. The smallest absolute Gasteiger partial charge is 0.0701 e. The fourth-order valence-electron chi connectivity index (χ4n) is 2.03. The van der Waals surface area contributed by atoms with Crippen molar-refractivity contribution in [3.05, 3.63) is 54.2 Å². The summed E-state index contributed by atoms with van der Waals surface area (Å²) in [5, 5.41) is 3.67. The Labute approximate surface area is 141 Å². The minimum absolute atomic E-state index is 0.401. The van der Waals surface area contributed by atoms with Crippen LogP contribution < -0.4 is 5.32 Å². The van der Waals surface area contributed by atoms with Crippen molar-refractivity contribution in [2.45, 2.75) is 25.8 Å². The number of hydrogen-bond donors (Lipinski definition) is 1. The minimum Gasteiger partial charge on any atom is -0.310 e. The topological polar surface area (TPSA) is 12.0 Å². The quantitative estimate of drug-likeness (QED) is 0.582. The molecular weight excluding hydrogens is 433 g/mol. The highest BCUT2D eigenvalue weighted by Crippen LogP contribution is 2.28. The van der Waals surface area contributed by atoms with Crippen LogP contribution in [0.3, 0.4) is 0 Å². The van der Waals surface area contributed by atoms with Gasteiger partial charge in [-0.05, 0) is 75.2 Å². The van der Waals surface area contributed by atoms with Gasteiger partial charge in [0.1, 0.15) is 0 Å². The lowest BCUT2D eigenvalue weighted by molar-refractivity contribution is 0.530. The first-order chi connectivity index (χ1) is 9.20. The molecule has 0 fully saturated rings. The maximum atomic E-state index is 3.67. The van der Waals surface area contributed by atoms with Gasteiger partial charge in [-0.1, -0.05) is 25.1 Å². The number of halogens is 2. The summed E-state index contributed by atoms with van der Waals surface area (Å²) < 4.78 is 2.55. The fraction of sp³-hybridized carbons (Fsp3) is 0.333. The summed E-state index contributed by atoms with van der Waals surface area (Å²) in [7, 11) is 0. The van der Waals surface area contributed by atoms with Crippen molar-refractivity contribution in [1.29, 1.82) is 0 Å². The molecule has 1 nitrogen and oxygen atoms in total. The molecule has 1 heterocycles. The molecule has 2 aromatic rings. The van der Waals surface area contributed by atoms with Crippen molar-refractivity contribution in [2.24, 2.45) is 0 Å². The van der Waals surface area contributed by atoms with E-state index in [0.717, 1.165) is 19.4 Å². The van der Waals surface area contributed by atoms with E-state index in [1.807, 2.05) is 11.3 Å².